The minimum Gasteiger partial charge on any atom is -0.481 e. The van der Waals surface area contributed by atoms with E-state index in [0.29, 0.717) is 13.0 Å². The van der Waals surface area contributed by atoms with Crippen molar-refractivity contribution in [2.75, 3.05) is 13.1 Å². The van der Waals surface area contributed by atoms with Crippen LogP contribution in [0.2, 0.25) is 0 Å². The number of nitrogens with one attached hydrogen (secondary N) is 1. The zero-order valence-corrected chi connectivity index (χ0v) is 15.2. The number of nitrogens with zero attached hydrogens (tertiary/aromatic N) is 1. The summed E-state index contributed by atoms with van der Waals surface area (Å²) in [5.41, 5.74) is 1.55. The molecule has 1 fully saturated rings. The Balaban J connectivity index is 1.98. The molecule has 1 aliphatic heterocycles. The molecule has 2 N–H and O–H groups in total. The molecule has 0 bridgehead atoms. The van der Waals surface area contributed by atoms with Crippen LogP contribution in [0.1, 0.15) is 58.2 Å². The Hall–Kier alpha value is -2.04. The number of benzene rings is 1. The van der Waals surface area contributed by atoms with Crippen molar-refractivity contribution < 1.29 is 14.7 Å². The molecular weight excluding hydrogens is 304 g/mol. The highest BCUT2D eigenvalue weighted by molar-refractivity contribution is 5.79. The molecule has 0 aliphatic carbocycles. The number of urea groups is 1. The predicted molar refractivity (Wildman–Crippen MR) is 94.0 cm³/mol. The van der Waals surface area contributed by atoms with Gasteiger partial charge in [0.15, 0.2) is 0 Å². The van der Waals surface area contributed by atoms with Gasteiger partial charge in [-0.1, -0.05) is 45.0 Å². The summed E-state index contributed by atoms with van der Waals surface area (Å²) in [7, 11) is 0. The van der Waals surface area contributed by atoms with Gasteiger partial charge in [0.25, 0.3) is 0 Å². The van der Waals surface area contributed by atoms with E-state index in [4.69, 9.17) is 0 Å². The number of carboxylic acid groups (broad SMARTS) is 1. The monoisotopic (exact) mass is 332 g/mol. The van der Waals surface area contributed by atoms with E-state index >= 15 is 0 Å². The van der Waals surface area contributed by atoms with Gasteiger partial charge >= 0.3 is 12.0 Å². The predicted octanol–water partition coefficient (Wildman–Crippen LogP) is 3.55. The van der Waals surface area contributed by atoms with E-state index in [1.165, 1.54) is 5.56 Å². The fourth-order valence-corrected chi connectivity index (χ4v) is 2.94. The number of hydrogen-bond donors (Lipinski definition) is 2. The lowest BCUT2D eigenvalue weighted by Gasteiger charge is -2.24. The standard InChI is InChI=1S/C19H28N2O3/c1-13(14-6-8-15(9-7-14)18(2,3)4)20-17(24)21-11-10-19(5,12-21)16(22)23/h6-9,13H,10-12H2,1-5H3,(H,20,24)(H,22,23). The number of carbonyl (C=O) groups excluding carboxylic acids is 1. The van der Waals surface area contributed by atoms with Crippen molar-refractivity contribution in [1.29, 1.82) is 0 Å². The Morgan fingerprint density at radius 2 is 1.83 bits per heavy atom. The average molecular weight is 332 g/mol. The van der Waals surface area contributed by atoms with Crippen molar-refractivity contribution >= 4 is 12.0 Å². The normalized spacial score (nSPS) is 22.3. The van der Waals surface area contributed by atoms with Gasteiger partial charge in [-0.25, -0.2) is 4.79 Å². The summed E-state index contributed by atoms with van der Waals surface area (Å²) in [6, 6.07) is 7.94. The summed E-state index contributed by atoms with van der Waals surface area (Å²) < 4.78 is 0. The molecule has 2 rings (SSSR count). The SMILES string of the molecule is CC(NC(=O)N1CCC(C)(C(=O)O)C1)c1ccc(C(C)(C)C)cc1. The Bertz CT molecular complexity index is 618. The topological polar surface area (TPSA) is 69.6 Å². The lowest BCUT2D eigenvalue weighted by molar-refractivity contribution is -0.147. The Labute approximate surface area is 144 Å². The summed E-state index contributed by atoms with van der Waals surface area (Å²) in [4.78, 5) is 25.3. The number of likely N-dealkylation sites (tertiary alicyclic amines) is 1. The smallest absolute Gasteiger partial charge is 0.317 e. The molecule has 0 aromatic heterocycles. The third-order valence-electron chi connectivity index (χ3n) is 4.89. The van der Waals surface area contributed by atoms with E-state index in [9.17, 15) is 14.7 Å². The van der Waals surface area contributed by atoms with Gasteiger partial charge in [-0.15, -0.1) is 0 Å². The van der Waals surface area contributed by atoms with Gasteiger partial charge in [-0.3, -0.25) is 4.79 Å². The van der Waals surface area contributed by atoms with E-state index in [1.54, 1.807) is 11.8 Å². The summed E-state index contributed by atoms with van der Waals surface area (Å²) in [5, 5.41) is 12.2. The van der Waals surface area contributed by atoms with E-state index in [1.807, 2.05) is 19.1 Å². The summed E-state index contributed by atoms with van der Waals surface area (Å²) in [6.45, 7) is 10.9. The maximum Gasteiger partial charge on any atom is 0.317 e. The van der Waals surface area contributed by atoms with E-state index in [-0.39, 0.29) is 24.0 Å². The molecule has 2 atom stereocenters. The van der Waals surface area contributed by atoms with Crippen molar-refractivity contribution in [3.8, 4) is 0 Å². The van der Waals surface area contributed by atoms with Crippen molar-refractivity contribution in [2.45, 2.75) is 52.5 Å². The third-order valence-corrected chi connectivity index (χ3v) is 4.89. The molecule has 1 heterocycles. The molecule has 2 amide bonds. The lowest BCUT2D eigenvalue weighted by atomic mass is 9.86. The highest BCUT2D eigenvalue weighted by atomic mass is 16.4. The molecule has 24 heavy (non-hydrogen) atoms. The second-order valence-corrected chi connectivity index (χ2v) is 8.08. The van der Waals surface area contributed by atoms with Crippen molar-refractivity contribution in [3.63, 3.8) is 0 Å². The zero-order valence-electron chi connectivity index (χ0n) is 15.2. The molecule has 0 saturated carbocycles. The molecule has 1 aromatic rings. The molecule has 5 heteroatoms. The third kappa shape index (κ3) is 3.89. The van der Waals surface area contributed by atoms with Gasteiger partial charge in [0.2, 0.25) is 0 Å². The fraction of sp³-hybridized carbons (Fsp3) is 0.579. The van der Waals surface area contributed by atoms with Gasteiger partial charge in [-0.2, -0.15) is 0 Å². The molecule has 1 aliphatic rings. The Morgan fingerprint density at radius 3 is 2.29 bits per heavy atom. The molecule has 1 aromatic carbocycles. The number of aliphatic carboxylic acids is 1. The number of rotatable bonds is 3. The molecule has 2 unspecified atom stereocenters. The summed E-state index contributed by atoms with van der Waals surface area (Å²) in [6.07, 6.45) is 0.490. The molecule has 0 spiro atoms. The Morgan fingerprint density at radius 1 is 1.25 bits per heavy atom. The highest BCUT2D eigenvalue weighted by Gasteiger charge is 2.42. The summed E-state index contributed by atoms with van der Waals surface area (Å²) >= 11 is 0. The van der Waals surface area contributed by atoms with Crippen LogP contribution in [0.5, 0.6) is 0 Å². The first-order valence-corrected chi connectivity index (χ1v) is 8.42. The van der Waals surface area contributed by atoms with Crippen LogP contribution in [0.15, 0.2) is 24.3 Å². The van der Waals surface area contributed by atoms with Crippen LogP contribution in [0.4, 0.5) is 4.79 Å². The molecule has 5 nitrogen and oxygen atoms in total. The van der Waals surface area contributed by atoms with Crippen LogP contribution in [-0.4, -0.2) is 35.1 Å². The van der Waals surface area contributed by atoms with Gasteiger partial charge in [-0.05, 0) is 36.8 Å². The number of carboxylic acids is 1. The molecule has 132 valence electrons. The van der Waals surface area contributed by atoms with Crippen LogP contribution >= 0.6 is 0 Å². The summed E-state index contributed by atoms with van der Waals surface area (Å²) in [5.74, 6) is -0.844. The van der Waals surface area contributed by atoms with E-state index in [0.717, 1.165) is 5.56 Å². The maximum atomic E-state index is 12.4. The molecule has 0 radical (unpaired) electrons. The van der Waals surface area contributed by atoms with Crippen molar-refractivity contribution in [3.05, 3.63) is 35.4 Å². The quantitative estimate of drug-likeness (QED) is 0.889. The van der Waals surface area contributed by atoms with E-state index < -0.39 is 11.4 Å². The lowest BCUT2D eigenvalue weighted by Crippen LogP contribution is -2.41. The van der Waals surface area contributed by atoms with Crippen LogP contribution < -0.4 is 5.32 Å². The zero-order chi connectivity index (χ0) is 18.1. The fourth-order valence-electron chi connectivity index (χ4n) is 2.94. The van der Waals surface area contributed by atoms with Crippen LogP contribution in [0.3, 0.4) is 0 Å². The maximum absolute atomic E-state index is 12.4. The number of hydrogen-bond acceptors (Lipinski definition) is 2. The van der Waals surface area contributed by atoms with Crippen LogP contribution in [0, 0.1) is 5.41 Å². The minimum atomic E-state index is -0.844. The van der Waals surface area contributed by atoms with Crippen molar-refractivity contribution in [1.82, 2.24) is 10.2 Å². The highest BCUT2D eigenvalue weighted by Crippen LogP contribution is 2.30. The average Bonchev–Trinajstić information content (AvgIpc) is 2.90. The van der Waals surface area contributed by atoms with Gasteiger partial charge in [0.1, 0.15) is 0 Å². The number of amides is 2. The molecular formula is C19H28N2O3. The Kier molecular flexibility index (Phi) is 4.92. The second-order valence-electron chi connectivity index (χ2n) is 8.08. The first kappa shape index (κ1) is 18.3. The number of carbonyl (C=O) groups is 2. The first-order valence-electron chi connectivity index (χ1n) is 8.42. The van der Waals surface area contributed by atoms with Gasteiger partial charge in [0.05, 0.1) is 11.5 Å². The van der Waals surface area contributed by atoms with E-state index in [2.05, 4.69) is 38.2 Å². The first-order chi connectivity index (χ1) is 11.0. The largest absolute Gasteiger partial charge is 0.481 e. The van der Waals surface area contributed by atoms with Crippen LogP contribution in [-0.2, 0) is 10.2 Å². The van der Waals surface area contributed by atoms with Crippen molar-refractivity contribution in [2.24, 2.45) is 5.41 Å². The van der Waals surface area contributed by atoms with Gasteiger partial charge < -0.3 is 15.3 Å². The molecule has 1 saturated heterocycles. The van der Waals surface area contributed by atoms with Crippen LogP contribution in [0.25, 0.3) is 0 Å². The van der Waals surface area contributed by atoms with Gasteiger partial charge in [0, 0.05) is 13.1 Å². The second kappa shape index (κ2) is 6.46. The minimum absolute atomic E-state index is 0.0991.